The zero-order chi connectivity index (χ0) is 14.6. The van der Waals surface area contributed by atoms with E-state index in [1.54, 1.807) is 11.1 Å². The third-order valence-corrected chi connectivity index (χ3v) is 3.79. The first-order valence-electron chi connectivity index (χ1n) is 6.40. The topological polar surface area (TPSA) is 85.0 Å². The van der Waals surface area contributed by atoms with Gasteiger partial charge in [-0.3, -0.25) is 0 Å². The van der Waals surface area contributed by atoms with E-state index in [2.05, 4.69) is 16.1 Å². The lowest BCUT2D eigenvalue weighted by molar-refractivity contribution is 0.0475. The molecule has 0 amide bonds. The number of hydrogen-bond acceptors (Lipinski definition) is 4. The minimum Gasteiger partial charge on any atom is -0.383 e. The van der Waals surface area contributed by atoms with Gasteiger partial charge in [0.05, 0.1) is 23.3 Å². The van der Waals surface area contributed by atoms with Gasteiger partial charge in [0.2, 0.25) is 0 Å². The van der Waals surface area contributed by atoms with E-state index >= 15 is 0 Å². The first-order chi connectivity index (χ1) is 8.90. The summed E-state index contributed by atoms with van der Waals surface area (Å²) < 4.78 is 5.96. The van der Waals surface area contributed by atoms with Crippen LogP contribution in [-0.2, 0) is 4.74 Å². The summed E-state index contributed by atoms with van der Waals surface area (Å²) in [5.74, 6) is 0.0670. The number of rotatable bonds is 4. The maximum Gasteiger partial charge on any atom is 0.106 e. The molecule has 0 saturated carbocycles. The quantitative estimate of drug-likeness (QED) is 0.338. The summed E-state index contributed by atoms with van der Waals surface area (Å²) in [6, 6.07) is 2.17. The minimum atomic E-state index is -0.729. The van der Waals surface area contributed by atoms with Crippen LogP contribution in [0.1, 0.15) is 27.2 Å². The molecule has 0 aromatic rings. The van der Waals surface area contributed by atoms with Crippen LogP contribution in [0, 0.1) is 17.2 Å². The zero-order valence-electron chi connectivity index (χ0n) is 12.2. The Labute approximate surface area is 114 Å². The van der Waals surface area contributed by atoms with Crippen LogP contribution in [0.3, 0.4) is 0 Å². The number of azide groups is 1. The van der Waals surface area contributed by atoms with E-state index in [1.807, 2.05) is 34.9 Å². The first-order valence-corrected chi connectivity index (χ1v) is 6.40. The molecule has 0 spiro atoms. The molecule has 1 unspecified atom stereocenters. The highest BCUT2D eigenvalue weighted by atomic mass is 16.5. The molecule has 0 bridgehead atoms. The molecule has 0 N–H and O–H groups in total. The van der Waals surface area contributed by atoms with E-state index < -0.39 is 11.6 Å². The molecule has 104 valence electrons. The summed E-state index contributed by atoms with van der Waals surface area (Å²) in [6.45, 7) is 5.90. The van der Waals surface area contributed by atoms with E-state index in [4.69, 9.17) is 10.3 Å². The first kappa shape index (κ1) is 15.4. The Balaban J connectivity index is 3.24. The summed E-state index contributed by atoms with van der Waals surface area (Å²) in [7, 11) is 3.69. The lowest BCUT2D eigenvalue weighted by Crippen LogP contribution is -2.39. The SMILES string of the molecule is CC[C@H]1OC(C(C#N)=CN(C)C)[C@](C)(N=[N+]=[N-])[C@@H]1C. The molecular formula is C13H21N5O. The smallest absolute Gasteiger partial charge is 0.106 e. The monoisotopic (exact) mass is 263 g/mol. The normalized spacial score (nSPS) is 34.5. The van der Waals surface area contributed by atoms with Crippen molar-refractivity contribution in [2.45, 2.75) is 44.9 Å². The third-order valence-electron chi connectivity index (χ3n) is 3.79. The van der Waals surface area contributed by atoms with Crippen LogP contribution in [0.15, 0.2) is 16.9 Å². The van der Waals surface area contributed by atoms with E-state index in [-0.39, 0.29) is 12.0 Å². The Bertz CT molecular complexity index is 446. The van der Waals surface area contributed by atoms with Crippen molar-refractivity contribution in [1.29, 1.82) is 5.26 Å². The average molecular weight is 263 g/mol. The van der Waals surface area contributed by atoms with Gasteiger partial charge in [0.15, 0.2) is 0 Å². The van der Waals surface area contributed by atoms with Crippen molar-refractivity contribution in [2.24, 2.45) is 11.0 Å². The molecule has 1 aliphatic rings. The molecule has 1 saturated heterocycles. The Morgan fingerprint density at radius 2 is 2.26 bits per heavy atom. The summed E-state index contributed by atoms with van der Waals surface area (Å²) in [5.41, 5.74) is 8.57. The van der Waals surface area contributed by atoms with Crippen molar-refractivity contribution in [3.63, 3.8) is 0 Å². The number of nitriles is 1. The van der Waals surface area contributed by atoms with Crippen molar-refractivity contribution in [2.75, 3.05) is 14.1 Å². The molecule has 4 atom stereocenters. The predicted octanol–water partition coefficient (Wildman–Crippen LogP) is 2.84. The molecule has 0 aromatic heterocycles. The van der Waals surface area contributed by atoms with Gasteiger partial charge in [-0.1, -0.05) is 25.9 Å². The zero-order valence-corrected chi connectivity index (χ0v) is 12.2. The maximum atomic E-state index is 9.32. The molecule has 0 radical (unpaired) electrons. The molecule has 1 heterocycles. The number of nitrogens with zero attached hydrogens (tertiary/aromatic N) is 5. The van der Waals surface area contributed by atoms with Gasteiger partial charge in [0, 0.05) is 25.2 Å². The predicted molar refractivity (Wildman–Crippen MR) is 73.1 cm³/mol. The van der Waals surface area contributed by atoms with Gasteiger partial charge in [-0.2, -0.15) is 5.26 Å². The Kier molecular flexibility index (Phi) is 4.82. The van der Waals surface area contributed by atoms with Crippen LogP contribution >= 0.6 is 0 Å². The van der Waals surface area contributed by atoms with E-state index in [1.165, 1.54) is 0 Å². The second kappa shape index (κ2) is 5.96. The lowest BCUT2D eigenvalue weighted by atomic mass is 9.80. The van der Waals surface area contributed by atoms with E-state index in [0.717, 1.165) is 6.42 Å². The summed E-state index contributed by atoms with van der Waals surface area (Å²) in [6.07, 6.45) is 2.06. The van der Waals surface area contributed by atoms with Gasteiger partial charge < -0.3 is 9.64 Å². The number of hydrogen-bond donors (Lipinski definition) is 0. The Morgan fingerprint density at radius 1 is 1.63 bits per heavy atom. The van der Waals surface area contributed by atoms with Crippen molar-refractivity contribution in [3.05, 3.63) is 22.2 Å². The molecule has 1 fully saturated rings. The van der Waals surface area contributed by atoms with Crippen LogP contribution in [0.5, 0.6) is 0 Å². The number of ether oxygens (including phenoxy) is 1. The molecular weight excluding hydrogens is 242 g/mol. The second-order valence-electron chi connectivity index (χ2n) is 5.33. The molecule has 1 aliphatic heterocycles. The lowest BCUT2D eigenvalue weighted by Gasteiger charge is -2.28. The summed E-state index contributed by atoms with van der Waals surface area (Å²) in [5, 5.41) is 13.3. The van der Waals surface area contributed by atoms with Gasteiger partial charge in [0.1, 0.15) is 6.10 Å². The molecule has 0 aliphatic carbocycles. The summed E-state index contributed by atoms with van der Waals surface area (Å²) in [4.78, 5) is 4.74. The van der Waals surface area contributed by atoms with Crippen LogP contribution in [-0.4, -0.2) is 36.7 Å². The van der Waals surface area contributed by atoms with Crippen LogP contribution < -0.4 is 0 Å². The fraction of sp³-hybridized carbons (Fsp3) is 0.769. The van der Waals surface area contributed by atoms with Crippen molar-refractivity contribution in [3.8, 4) is 6.07 Å². The Hall–Kier alpha value is -1.70. The van der Waals surface area contributed by atoms with Gasteiger partial charge in [0.25, 0.3) is 0 Å². The van der Waals surface area contributed by atoms with Gasteiger partial charge >= 0.3 is 0 Å². The van der Waals surface area contributed by atoms with Crippen LogP contribution in [0.25, 0.3) is 10.4 Å². The fourth-order valence-corrected chi connectivity index (χ4v) is 2.56. The second-order valence-corrected chi connectivity index (χ2v) is 5.33. The fourth-order valence-electron chi connectivity index (χ4n) is 2.56. The van der Waals surface area contributed by atoms with Gasteiger partial charge in [-0.15, -0.1) is 0 Å². The van der Waals surface area contributed by atoms with Crippen LogP contribution in [0.2, 0.25) is 0 Å². The third kappa shape index (κ3) is 2.83. The maximum absolute atomic E-state index is 9.32. The van der Waals surface area contributed by atoms with Gasteiger partial charge in [-0.25, -0.2) is 0 Å². The van der Waals surface area contributed by atoms with Gasteiger partial charge in [-0.05, 0) is 17.9 Å². The molecule has 6 heteroatoms. The average Bonchev–Trinajstić information content (AvgIpc) is 2.60. The van der Waals surface area contributed by atoms with E-state index in [9.17, 15) is 5.26 Å². The largest absolute Gasteiger partial charge is 0.383 e. The van der Waals surface area contributed by atoms with Crippen molar-refractivity contribution < 1.29 is 4.74 Å². The van der Waals surface area contributed by atoms with E-state index in [0.29, 0.717) is 5.57 Å². The highest BCUT2D eigenvalue weighted by molar-refractivity contribution is 5.31. The molecule has 1 rings (SSSR count). The standard InChI is InChI=1S/C13H21N5O/c1-6-11-9(2)13(3,16-17-15)12(19-11)10(7-14)8-18(4)5/h8-9,11-12H,6H2,1-5H3/t9-,11-,12?,13-/m1/s1. The molecule has 19 heavy (non-hydrogen) atoms. The highest BCUT2D eigenvalue weighted by Gasteiger charge is 2.51. The molecule has 6 nitrogen and oxygen atoms in total. The van der Waals surface area contributed by atoms with Crippen LogP contribution in [0.4, 0.5) is 0 Å². The van der Waals surface area contributed by atoms with Crippen molar-refractivity contribution in [1.82, 2.24) is 4.90 Å². The summed E-state index contributed by atoms with van der Waals surface area (Å²) >= 11 is 0. The Morgan fingerprint density at radius 3 is 2.68 bits per heavy atom. The van der Waals surface area contributed by atoms with Crippen molar-refractivity contribution >= 4 is 0 Å². The highest BCUT2D eigenvalue weighted by Crippen LogP contribution is 2.43. The minimum absolute atomic E-state index is 0.000544. The molecule has 0 aromatic carbocycles.